The lowest BCUT2D eigenvalue weighted by Gasteiger charge is -2.32. The predicted octanol–water partition coefficient (Wildman–Crippen LogP) is 2.05. The molecule has 134 valence electrons. The fourth-order valence-electron chi connectivity index (χ4n) is 3.53. The van der Waals surface area contributed by atoms with Crippen molar-refractivity contribution < 1.29 is 10.0 Å². The third-order valence-corrected chi connectivity index (χ3v) is 9.86. The summed E-state index contributed by atoms with van der Waals surface area (Å²) >= 11 is 0. The van der Waals surface area contributed by atoms with Crippen LogP contribution in [0, 0.1) is 10.1 Å². The Morgan fingerprint density at radius 3 is 2.08 bits per heavy atom. The van der Waals surface area contributed by atoms with E-state index in [0.717, 1.165) is 6.04 Å². The molecule has 1 heterocycles. The van der Waals surface area contributed by atoms with Gasteiger partial charge < -0.3 is 15.2 Å². The molecule has 0 saturated carbocycles. The molecular formula is C19H21N3O3Si. The van der Waals surface area contributed by atoms with Crippen LogP contribution in [0.2, 0.25) is 12.1 Å². The molecule has 0 unspecified atom stereocenters. The van der Waals surface area contributed by atoms with Crippen LogP contribution in [-0.4, -0.2) is 34.3 Å². The van der Waals surface area contributed by atoms with E-state index in [1.807, 2.05) is 36.4 Å². The average molecular weight is 367 g/mol. The Bertz CT molecular complexity index is 813. The fourth-order valence-corrected chi connectivity index (χ4v) is 7.94. The molecule has 0 aliphatic carbocycles. The minimum Gasteiger partial charge on any atom is -0.397 e. The first kappa shape index (κ1) is 18.0. The van der Waals surface area contributed by atoms with E-state index in [9.17, 15) is 15.2 Å². The maximum absolute atomic E-state index is 11.2. The van der Waals surface area contributed by atoms with E-state index in [-0.39, 0.29) is 12.6 Å². The van der Waals surface area contributed by atoms with Gasteiger partial charge in [0.05, 0.1) is 6.54 Å². The van der Waals surface area contributed by atoms with E-state index < -0.39 is 13.0 Å². The summed E-state index contributed by atoms with van der Waals surface area (Å²) in [6, 6.07) is 21.9. The van der Waals surface area contributed by atoms with Crippen molar-refractivity contribution in [1.29, 1.82) is 0 Å². The maximum Gasteiger partial charge on any atom is 0.434 e. The van der Waals surface area contributed by atoms with E-state index in [4.69, 9.17) is 0 Å². The van der Waals surface area contributed by atoms with Crippen LogP contribution >= 0.6 is 0 Å². The van der Waals surface area contributed by atoms with E-state index in [0.29, 0.717) is 12.6 Å². The molecule has 0 fully saturated rings. The first-order valence-corrected chi connectivity index (χ1v) is 11.0. The molecule has 0 radical (unpaired) electrons. The zero-order valence-corrected chi connectivity index (χ0v) is 15.4. The largest absolute Gasteiger partial charge is 0.434 e. The standard InChI is InChI=1S/C19H21N3O3Si/c23-14-16-26(17-7-3-1-4-8-17,18-9-5-2-6-10-18)15-13-21-12-11-20-19(21)22(24)25/h1-12,23H,13-16H2. The molecule has 26 heavy (non-hydrogen) atoms. The number of nitro groups is 1. The number of benzene rings is 2. The van der Waals surface area contributed by atoms with Crippen molar-refractivity contribution in [3.8, 4) is 0 Å². The molecule has 3 rings (SSSR count). The summed E-state index contributed by atoms with van der Waals surface area (Å²) in [5.41, 5.74) is 0. The molecule has 0 aliphatic heterocycles. The number of hydrogen-bond acceptors (Lipinski definition) is 4. The molecule has 1 aromatic heterocycles. The van der Waals surface area contributed by atoms with Gasteiger partial charge in [0.15, 0.2) is 0 Å². The Morgan fingerprint density at radius 2 is 1.58 bits per heavy atom. The number of nitrogens with zero attached hydrogens (tertiary/aromatic N) is 3. The molecule has 0 saturated heterocycles. The fraction of sp³-hybridized carbons (Fsp3) is 0.211. The summed E-state index contributed by atoms with van der Waals surface area (Å²) in [5.74, 6) is -0.141. The normalized spacial score (nSPS) is 11.4. The van der Waals surface area contributed by atoms with Crippen LogP contribution in [0.15, 0.2) is 73.1 Å². The zero-order valence-electron chi connectivity index (χ0n) is 14.4. The lowest BCUT2D eigenvalue weighted by molar-refractivity contribution is -0.396. The monoisotopic (exact) mass is 367 g/mol. The molecule has 3 aromatic rings. The average Bonchev–Trinajstić information content (AvgIpc) is 3.16. The second kappa shape index (κ2) is 8.07. The van der Waals surface area contributed by atoms with Gasteiger partial charge in [-0.1, -0.05) is 76.0 Å². The summed E-state index contributed by atoms with van der Waals surface area (Å²) < 4.78 is 1.59. The topological polar surface area (TPSA) is 81.2 Å². The van der Waals surface area contributed by atoms with Gasteiger partial charge in [-0.2, -0.15) is 0 Å². The molecule has 7 heteroatoms. The van der Waals surface area contributed by atoms with Crippen LogP contribution < -0.4 is 10.4 Å². The van der Waals surface area contributed by atoms with Gasteiger partial charge in [0, 0.05) is 6.61 Å². The van der Waals surface area contributed by atoms with Crippen LogP contribution in [0.3, 0.4) is 0 Å². The van der Waals surface area contributed by atoms with Gasteiger partial charge >= 0.3 is 5.95 Å². The molecule has 0 aliphatic rings. The van der Waals surface area contributed by atoms with Crippen molar-refractivity contribution >= 4 is 24.4 Å². The summed E-state index contributed by atoms with van der Waals surface area (Å²) in [7, 11) is -2.28. The summed E-state index contributed by atoms with van der Waals surface area (Å²) in [6.07, 6.45) is 3.10. The number of aliphatic hydroxyl groups is 1. The van der Waals surface area contributed by atoms with Gasteiger partial charge in [-0.15, -0.1) is 0 Å². The van der Waals surface area contributed by atoms with Crippen LogP contribution in [0.4, 0.5) is 5.95 Å². The van der Waals surface area contributed by atoms with E-state index in [2.05, 4.69) is 29.2 Å². The molecule has 1 N–H and O–H groups in total. The second-order valence-corrected chi connectivity index (χ2v) is 10.5. The second-order valence-electron chi connectivity index (χ2n) is 6.22. The lowest BCUT2D eigenvalue weighted by Crippen LogP contribution is -2.59. The van der Waals surface area contributed by atoms with Crippen LogP contribution in [0.5, 0.6) is 0 Å². The first-order valence-electron chi connectivity index (χ1n) is 8.55. The lowest BCUT2D eigenvalue weighted by atomic mass is 10.4. The highest BCUT2D eigenvalue weighted by Crippen LogP contribution is 2.20. The minimum atomic E-state index is -2.28. The predicted molar refractivity (Wildman–Crippen MR) is 103 cm³/mol. The molecule has 6 nitrogen and oxygen atoms in total. The number of aromatic nitrogens is 2. The van der Waals surface area contributed by atoms with Crippen molar-refractivity contribution in [1.82, 2.24) is 9.55 Å². The van der Waals surface area contributed by atoms with Crippen molar-refractivity contribution in [2.24, 2.45) is 0 Å². The summed E-state index contributed by atoms with van der Waals surface area (Å²) in [6.45, 7) is 0.578. The van der Waals surface area contributed by atoms with Crippen molar-refractivity contribution in [3.63, 3.8) is 0 Å². The van der Waals surface area contributed by atoms with Gasteiger partial charge in [-0.3, -0.25) is 0 Å². The van der Waals surface area contributed by atoms with Gasteiger partial charge in [0.25, 0.3) is 0 Å². The quantitative estimate of drug-likeness (QED) is 0.375. The van der Waals surface area contributed by atoms with Gasteiger partial charge in [-0.05, 0) is 17.0 Å². The third kappa shape index (κ3) is 3.58. The van der Waals surface area contributed by atoms with Crippen molar-refractivity contribution in [2.75, 3.05) is 6.61 Å². The zero-order chi connectivity index (χ0) is 18.4. The number of aliphatic hydroxyl groups excluding tert-OH is 1. The summed E-state index contributed by atoms with van der Waals surface area (Å²) in [5, 5.41) is 23.4. The van der Waals surface area contributed by atoms with Crippen LogP contribution in [-0.2, 0) is 6.54 Å². The number of rotatable bonds is 8. The third-order valence-electron chi connectivity index (χ3n) is 4.83. The van der Waals surface area contributed by atoms with Crippen molar-refractivity contribution in [3.05, 3.63) is 83.2 Å². The Balaban J connectivity index is 2.02. The number of imidazole rings is 1. The smallest absolute Gasteiger partial charge is 0.397 e. The SMILES string of the molecule is O=[N+]([O-])c1nccn1CC[Si](CCO)(c1ccccc1)c1ccccc1. The van der Waals surface area contributed by atoms with Gasteiger partial charge in [0.1, 0.15) is 20.5 Å². The molecule has 0 amide bonds. The highest BCUT2D eigenvalue weighted by Gasteiger charge is 2.37. The Kier molecular flexibility index (Phi) is 5.60. The highest BCUT2D eigenvalue weighted by molar-refractivity contribution is 7.02. The van der Waals surface area contributed by atoms with Gasteiger partial charge in [-0.25, -0.2) is 4.57 Å². The van der Waals surface area contributed by atoms with Gasteiger partial charge in [0.2, 0.25) is 0 Å². The Labute approximate surface area is 152 Å². The van der Waals surface area contributed by atoms with Crippen LogP contribution in [0.25, 0.3) is 0 Å². The highest BCUT2D eigenvalue weighted by atomic mass is 28.3. The van der Waals surface area contributed by atoms with E-state index in [1.165, 1.54) is 16.6 Å². The maximum atomic E-state index is 11.2. The molecule has 0 bridgehead atoms. The van der Waals surface area contributed by atoms with Crippen molar-refractivity contribution in [2.45, 2.75) is 18.6 Å². The Hall–Kier alpha value is -2.77. The molecule has 0 spiro atoms. The van der Waals surface area contributed by atoms with E-state index in [1.54, 1.807) is 10.8 Å². The minimum absolute atomic E-state index is 0.0853. The first-order chi connectivity index (χ1) is 12.7. The molecule has 2 aromatic carbocycles. The number of aryl methyl sites for hydroxylation is 1. The Morgan fingerprint density at radius 1 is 1.00 bits per heavy atom. The number of hydrogen-bond donors (Lipinski definition) is 1. The van der Waals surface area contributed by atoms with Crippen LogP contribution in [0.1, 0.15) is 0 Å². The summed E-state index contributed by atoms with van der Waals surface area (Å²) in [4.78, 5) is 14.5. The van der Waals surface area contributed by atoms with E-state index >= 15 is 0 Å². The molecular weight excluding hydrogens is 346 g/mol. The molecule has 0 atom stereocenters.